The van der Waals surface area contributed by atoms with E-state index < -0.39 is 36.3 Å². The maximum atomic E-state index is 13.4. The number of ether oxygens (including phenoxy) is 1. The average Bonchev–Trinajstić information content (AvgIpc) is 2.99. The van der Waals surface area contributed by atoms with E-state index in [0.717, 1.165) is 5.56 Å². The van der Waals surface area contributed by atoms with Crippen molar-refractivity contribution in [2.75, 3.05) is 38.6 Å². The van der Waals surface area contributed by atoms with Crippen molar-refractivity contribution in [1.29, 1.82) is 0 Å². The van der Waals surface area contributed by atoms with E-state index in [2.05, 4.69) is 20.6 Å². The molecule has 40 heavy (non-hydrogen) atoms. The molecule has 0 bridgehead atoms. The SMILES string of the molecule is COC(=O)N1CCN(C(=O)C(CC(N)=O)NC(=O)c2cc(NCc3ccccc3)nc(-c3ccccc3)n2)CC1. The van der Waals surface area contributed by atoms with Gasteiger partial charge in [-0.15, -0.1) is 0 Å². The first-order valence-corrected chi connectivity index (χ1v) is 12.8. The maximum Gasteiger partial charge on any atom is 0.409 e. The van der Waals surface area contributed by atoms with Gasteiger partial charge in [0.15, 0.2) is 5.82 Å². The molecule has 12 nitrogen and oxygen atoms in total. The van der Waals surface area contributed by atoms with E-state index in [9.17, 15) is 19.2 Å². The molecule has 1 atom stereocenters. The lowest BCUT2D eigenvalue weighted by molar-refractivity contribution is -0.136. The summed E-state index contributed by atoms with van der Waals surface area (Å²) in [5.41, 5.74) is 7.15. The zero-order chi connectivity index (χ0) is 28.5. The zero-order valence-corrected chi connectivity index (χ0v) is 22.1. The minimum atomic E-state index is -1.20. The number of carbonyl (C=O) groups excluding carboxylic acids is 4. The molecule has 0 aliphatic carbocycles. The molecule has 0 radical (unpaired) electrons. The quantitative estimate of drug-likeness (QED) is 0.366. The van der Waals surface area contributed by atoms with E-state index in [1.54, 1.807) is 0 Å². The van der Waals surface area contributed by atoms with Gasteiger partial charge in [-0.25, -0.2) is 14.8 Å². The highest BCUT2D eigenvalue weighted by Crippen LogP contribution is 2.19. The van der Waals surface area contributed by atoms with Crippen LogP contribution >= 0.6 is 0 Å². The number of piperazine rings is 1. The molecule has 4 rings (SSSR count). The predicted octanol–water partition coefficient (Wildman–Crippen LogP) is 1.64. The summed E-state index contributed by atoms with van der Waals surface area (Å²) < 4.78 is 4.73. The summed E-state index contributed by atoms with van der Waals surface area (Å²) in [7, 11) is 1.29. The van der Waals surface area contributed by atoms with Gasteiger partial charge in [-0.2, -0.15) is 0 Å². The molecule has 0 saturated carbocycles. The van der Waals surface area contributed by atoms with Gasteiger partial charge < -0.3 is 30.9 Å². The van der Waals surface area contributed by atoms with Gasteiger partial charge in [0, 0.05) is 44.4 Å². The van der Waals surface area contributed by atoms with Crippen molar-refractivity contribution in [1.82, 2.24) is 25.1 Å². The van der Waals surface area contributed by atoms with Gasteiger partial charge in [0.2, 0.25) is 11.8 Å². The van der Waals surface area contributed by atoms with Crippen LogP contribution in [0.1, 0.15) is 22.5 Å². The molecular weight excluding hydrogens is 514 g/mol. The van der Waals surface area contributed by atoms with Crippen LogP contribution < -0.4 is 16.4 Å². The molecule has 1 aliphatic rings. The highest BCUT2D eigenvalue weighted by atomic mass is 16.5. The Kier molecular flexibility index (Phi) is 9.23. The molecule has 2 heterocycles. The molecule has 1 aliphatic heterocycles. The summed E-state index contributed by atoms with van der Waals surface area (Å²) in [6.45, 7) is 1.43. The summed E-state index contributed by atoms with van der Waals surface area (Å²) in [5, 5.41) is 5.85. The van der Waals surface area contributed by atoms with Gasteiger partial charge in [0.25, 0.3) is 5.91 Å². The first-order valence-electron chi connectivity index (χ1n) is 12.8. The van der Waals surface area contributed by atoms with Gasteiger partial charge in [-0.05, 0) is 5.56 Å². The lowest BCUT2D eigenvalue weighted by atomic mass is 10.1. The molecule has 1 aromatic heterocycles. The molecule has 4 amide bonds. The maximum absolute atomic E-state index is 13.4. The summed E-state index contributed by atoms with van der Waals surface area (Å²) in [4.78, 5) is 62.2. The van der Waals surface area contributed by atoms with Crippen molar-refractivity contribution in [2.45, 2.75) is 19.0 Å². The minimum Gasteiger partial charge on any atom is -0.453 e. The Labute approximate surface area is 231 Å². The number of rotatable bonds is 9. The second-order valence-corrected chi connectivity index (χ2v) is 9.15. The third-order valence-electron chi connectivity index (χ3n) is 6.34. The first kappa shape index (κ1) is 28.0. The summed E-state index contributed by atoms with van der Waals surface area (Å²) in [6, 6.07) is 19.2. The van der Waals surface area contributed by atoms with Gasteiger partial charge >= 0.3 is 6.09 Å². The van der Waals surface area contributed by atoms with E-state index >= 15 is 0 Å². The van der Waals surface area contributed by atoms with E-state index in [4.69, 9.17) is 10.5 Å². The first-order chi connectivity index (χ1) is 19.3. The Balaban J connectivity index is 1.54. The van der Waals surface area contributed by atoms with Crippen LogP contribution in [0.15, 0.2) is 66.7 Å². The van der Waals surface area contributed by atoms with Crippen molar-refractivity contribution in [2.24, 2.45) is 5.73 Å². The molecule has 0 spiro atoms. The predicted molar refractivity (Wildman–Crippen MR) is 147 cm³/mol. The third kappa shape index (κ3) is 7.31. The van der Waals surface area contributed by atoms with Crippen LogP contribution in [0.3, 0.4) is 0 Å². The number of hydrogen-bond donors (Lipinski definition) is 3. The van der Waals surface area contributed by atoms with Crippen molar-refractivity contribution >= 4 is 29.6 Å². The number of methoxy groups -OCH3 is 1. The summed E-state index contributed by atoms with van der Waals surface area (Å²) >= 11 is 0. The van der Waals surface area contributed by atoms with Crippen molar-refractivity contribution < 1.29 is 23.9 Å². The molecule has 1 saturated heterocycles. The van der Waals surface area contributed by atoms with Crippen molar-refractivity contribution in [3.63, 3.8) is 0 Å². The Morgan fingerprint density at radius 2 is 1.55 bits per heavy atom. The molecule has 208 valence electrons. The van der Waals surface area contributed by atoms with Crippen LogP contribution in [0.2, 0.25) is 0 Å². The number of anilines is 1. The van der Waals surface area contributed by atoms with Crippen LogP contribution in [0.5, 0.6) is 0 Å². The lowest BCUT2D eigenvalue weighted by Gasteiger charge is -2.35. The minimum absolute atomic E-state index is 0.0159. The molecule has 4 N–H and O–H groups in total. The molecule has 1 unspecified atom stereocenters. The molecule has 1 fully saturated rings. The molecule has 2 aromatic carbocycles. The highest BCUT2D eigenvalue weighted by molar-refractivity contribution is 5.98. The Morgan fingerprint density at radius 1 is 0.925 bits per heavy atom. The zero-order valence-electron chi connectivity index (χ0n) is 22.1. The molecule has 12 heteroatoms. The average molecular weight is 546 g/mol. The number of primary amides is 1. The number of amides is 4. The van der Waals surface area contributed by atoms with Crippen molar-refractivity contribution in [3.05, 3.63) is 78.0 Å². The van der Waals surface area contributed by atoms with E-state index in [-0.39, 0.29) is 31.9 Å². The number of aromatic nitrogens is 2. The van der Waals surface area contributed by atoms with Gasteiger partial charge in [-0.3, -0.25) is 14.4 Å². The van der Waals surface area contributed by atoms with Crippen LogP contribution in [-0.2, 0) is 20.9 Å². The van der Waals surface area contributed by atoms with E-state index in [0.29, 0.717) is 23.8 Å². The molecule has 3 aromatic rings. The number of nitrogens with two attached hydrogens (primary N) is 1. The summed E-state index contributed by atoms with van der Waals surface area (Å²) in [6.07, 6.45) is -0.874. The van der Waals surface area contributed by atoms with E-state index in [1.165, 1.54) is 23.0 Å². The Hall–Kier alpha value is -5.00. The Bertz CT molecular complexity index is 1350. The number of nitrogens with one attached hydrogen (secondary N) is 2. The number of hydrogen-bond acceptors (Lipinski definition) is 8. The number of nitrogens with zero attached hydrogens (tertiary/aromatic N) is 4. The normalized spacial score (nSPS) is 13.7. The Morgan fingerprint density at radius 3 is 2.17 bits per heavy atom. The van der Waals surface area contributed by atoms with Crippen LogP contribution in [0.25, 0.3) is 11.4 Å². The third-order valence-corrected chi connectivity index (χ3v) is 6.34. The van der Waals surface area contributed by atoms with Gasteiger partial charge in [0.1, 0.15) is 17.6 Å². The smallest absolute Gasteiger partial charge is 0.409 e. The van der Waals surface area contributed by atoms with Crippen molar-refractivity contribution in [3.8, 4) is 11.4 Å². The highest BCUT2D eigenvalue weighted by Gasteiger charge is 2.32. The standard InChI is InChI=1S/C28H31N7O5/c1-40-28(39)35-14-12-34(13-15-35)27(38)22(16-23(29)36)32-26(37)21-17-24(30-18-19-8-4-2-5-9-19)33-25(31-21)20-10-6-3-7-11-20/h2-11,17,22H,12-16,18H2,1H3,(H2,29,36)(H,32,37)(H,30,31,33). The van der Waals surface area contributed by atoms with E-state index in [1.807, 2.05) is 60.7 Å². The number of carbonyl (C=O) groups is 4. The van der Waals surface area contributed by atoms with Crippen LogP contribution in [0.4, 0.5) is 10.6 Å². The van der Waals surface area contributed by atoms with Crippen LogP contribution in [-0.4, -0.2) is 82.9 Å². The summed E-state index contributed by atoms with van der Waals surface area (Å²) in [5.74, 6) is -1.14. The second-order valence-electron chi connectivity index (χ2n) is 9.15. The molecular formula is C28H31N7O5. The topological polar surface area (TPSA) is 160 Å². The largest absolute Gasteiger partial charge is 0.453 e. The number of benzene rings is 2. The fraction of sp³-hybridized carbons (Fsp3) is 0.286. The second kappa shape index (κ2) is 13.2. The lowest BCUT2D eigenvalue weighted by Crippen LogP contribution is -2.56. The van der Waals surface area contributed by atoms with Gasteiger partial charge in [0.05, 0.1) is 13.5 Å². The fourth-order valence-corrected chi connectivity index (χ4v) is 4.25. The van der Waals surface area contributed by atoms with Gasteiger partial charge in [-0.1, -0.05) is 60.7 Å². The fourth-order valence-electron chi connectivity index (χ4n) is 4.25. The van der Waals surface area contributed by atoms with Crippen LogP contribution in [0, 0.1) is 0 Å². The monoisotopic (exact) mass is 545 g/mol.